The summed E-state index contributed by atoms with van der Waals surface area (Å²) in [5.41, 5.74) is 0. The molecule has 2 aliphatic heterocycles. The largest absolute Gasteiger partial charge is 0.461 e. The molecule has 0 aliphatic carbocycles. The van der Waals surface area contributed by atoms with Gasteiger partial charge in [-0.1, -0.05) is 56.9 Å². The summed E-state index contributed by atoms with van der Waals surface area (Å²) in [6, 6.07) is 1.45. The number of fused-ring (bicyclic) bond motifs is 1. The quantitative estimate of drug-likeness (QED) is 0.334. The first kappa shape index (κ1) is 20.2. The Balaban J connectivity index is 1.87. The lowest BCUT2D eigenvalue weighted by Gasteiger charge is -2.50. The SMILES string of the molecule is CCCCCC/C=C/C=C/[C@@H]1CCC[C@H]2CCC(OC(C)=O)[C@H](C)N21. The smallest absolute Gasteiger partial charge is 0.302 e. The Kier molecular flexibility index (Phi) is 8.74. The highest BCUT2D eigenvalue weighted by Gasteiger charge is 2.40. The number of allylic oxidation sites excluding steroid dienone is 3. The number of carbonyl (C=O) groups excluding carboxylic acids is 1. The zero-order valence-corrected chi connectivity index (χ0v) is 16.5. The lowest BCUT2D eigenvalue weighted by molar-refractivity contribution is -0.155. The molecule has 0 N–H and O–H groups in total. The van der Waals surface area contributed by atoms with E-state index in [2.05, 4.69) is 43.1 Å². The maximum atomic E-state index is 11.4. The van der Waals surface area contributed by atoms with E-state index < -0.39 is 0 Å². The van der Waals surface area contributed by atoms with Crippen molar-refractivity contribution in [1.29, 1.82) is 0 Å². The van der Waals surface area contributed by atoms with Crippen molar-refractivity contribution in [3.8, 4) is 0 Å². The first-order valence-electron chi connectivity index (χ1n) is 10.4. The first-order chi connectivity index (χ1) is 12.1. The first-order valence-corrected chi connectivity index (χ1v) is 10.4. The van der Waals surface area contributed by atoms with Crippen LogP contribution in [0.4, 0.5) is 0 Å². The highest BCUT2D eigenvalue weighted by molar-refractivity contribution is 5.66. The molecule has 4 atom stereocenters. The number of nitrogens with zero attached hydrogens (tertiary/aromatic N) is 1. The van der Waals surface area contributed by atoms with Crippen molar-refractivity contribution in [2.75, 3.05) is 0 Å². The van der Waals surface area contributed by atoms with Gasteiger partial charge in [-0.25, -0.2) is 0 Å². The molecule has 25 heavy (non-hydrogen) atoms. The van der Waals surface area contributed by atoms with Gasteiger partial charge in [-0.3, -0.25) is 9.69 Å². The Hall–Kier alpha value is -1.09. The van der Waals surface area contributed by atoms with Crippen LogP contribution in [0, 0.1) is 0 Å². The van der Waals surface area contributed by atoms with E-state index in [1.54, 1.807) is 0 Å². The van der Waals surface area contributed by atoms with Gasteiger partial charge in [0.05, 0.1) is 0 Å². The van der Waals surface area contributed by atoms with E-state index in [0.29, 0.717) is 18.1 Å². The molecule has 142 valence electrons. The Morgan fingerprint density at radius 2 is 1.96 bits per heavy atom. The van der Waals surface area contributed by atoms with Crippen LogP contribution >= 0.6 is 0 Å². The highest BCUT2D eigenvalue weighted by Crippen LogP contribution is 2.35. The van der Waals surface area contributed by atoms with Crippen LogP contribution in [0.25, 0.3) is 0 Å². The minimum atomic E-state index is -0.148. The van der Waals surface area contributed by atoms with Crippen molar-refractivity contribution in [2.45, 2.75) is 109 Å². The van der Waals surface area contributed by atoms with E-state index in [9.17, 15) is 4.79 Å². The van der Waals surface area contributed by atoms with Crippen molar-refractivity contribution in [1.82, 2.24) is 4.90 Å². The minimum absolute atomic E-state index is 0.0526. The molecule has 0 amide bonds. The number of hydrogen-bond donors (Lipinski definition) is 0. The molecule has 2 aliphatic rings. The van der Waals surface area contributed by atoms with E-state index in [1.165, 1.54) is 58.3 Å². The summed E-state index contributed by atoms with van der Waals surface area (Å²) in [4.78, 5) is 14.0. The van der Waals surface area contributed by atoms with Crippen molar-refractivity contribution in [3.63, 3.8) is 0 Å². The average Bonchev–Trinajstić information content (AvgIpc) is 2.59. The molecule has 3 nitrogen and oxygen atoms in total. The van der Waals surface area contributed by atoms with Crippen LogP contribution in [-0.2, 0) is 9.53 Å². The number of ether oxygens (including phenoxy) is 1. The summed E-state index contributed by atoms with van der Waals surface area (Å²) < 4.78 is 5.57. The average molecular weight is 348 g/mol. The molecule has 0 aromatic heterocycles. The lowest BCUT2D eigenvalue weighted by Crippen LogP contribution is -2.58. The molecule has 0 aromatic rings. The topological polar surface area (TPSA) is 29.5 Å². The molecule has 0 aromatic carbocycles. The van der Waals surface area contributed by atoms with Crippen LogP contribution in [0.15, 0.2) is 24.3 Å². The number of hydrogen-bond acceptors (Lipinski definition) is 3. The fourth-order valence-corrected chi connectivity index (χ4v) is 4.47. The molecular weight excluding hydrogens is 310 g/mol. The second kappa shape index (κ2) is 10.8. The van der Waals surface area contributed by atoms with Gasteiger partial charge in [0.15, 0.2) is 0 Å². The highest BCUT2D eigenvalue weighted by atomic mass is 16.5. The number of rotatable bonds is 8. The summed E-state index contributed by atoms with van der Waals surface area (Å²) in [6.07, 6.45) is 21.6. The van der Waals surface area contributed by atoms with Crippen molar-refractivity contribution >= 4 is 5.97 Å². The van der Waals surface area contributed by atoms with Gasteiger partial charge in [0.2, 0.25) is 0 Å². The predicted molar refractivity (Wildman–Crippen MR) is 105 cm³/mol. The van der Waals surface area contributed by atoms with Crippen LogP contribution < -0.4 is 0 Å². The van der Waals surface area contributed by atoms with Gasteiger partial charge >= 0.3 is 5.97 Å². The van der Waals surface area contributed by atoms with Crippen molar-refractivity contribution < 1.29 is 9.53 Å². The number of esters is 1. The van der Waals surface area contributed by atoms with E-state index in [0.717, 1.165) is 12.8 Å². The lowest BCUT2D eigenvalue weighted by atomic mass is 9.84. The molecule has 2 rings (SSSR count). The normalized spacial score (nSPS) is 30.7. The van der Waals surface area contributed by atoms with Gasteiger partial charge in [-0.15, -0.1) is 0 Å². The molecular formula is C22H37NO2. The Bertz CT molecular complexity index is 457. The zero-order valence-electron chi connectivity index (χ0n) is 16.5. The molecule has 3 heteroatoms. The molecule has 2 fully saturated rings. The van der Waals surface area contributed by atoms with Gasteiger partial charge in [0.25, 0.3) is 0 Å². The minimum Gasteiger partial charge on any atom is -0.461 e. The van der Waals surface area contributed by atoms with Crippen LogP contribution in [0.1, 0.15) is 85.0 Å². The monoisotopic (exact) mass is 347 g/mol. The van der Waals surface area contributed by atoms with Crippen LogP contribution in [0.5, 0.6) is 0 Å². The van der Waals surface area contributed by atoms with Crippen molar-refractivity contribution in [2.24, 2.45) is 0 Å². The van der Waals surface area contributed by atoms with E-state index in [-0.39, 0.29) is 12.1 Å². The van der Waals surface area contributed by atoms with Gasteiger partial charge < -0.3 is 4.74 Å². The third-order valence-electron chi connectivity index (χ3n) is 5.76. The zero-order chi connectivity index (χ0) is 18.1. The van der Waals surface area contributed by atoms with Crippen LogP contribution in [-0.4, -0.2) is 35.1 Å². The van der Waals surface area contributed by atoms with Gasteiger partial charge in [0, 0.05) is 25.0 Å². The molecule has 0 saturated carbocycles. The molecule has 2 heterocycles. The molecule has 2 saturated heterocycles. The van der Waals surface area contributed by atoms with Gasteiger partial charge in [-0.05, 0) is 45.4 Å². The van der Waals surface area contributed by atoms with Crippen molar-refractivity contribution in [3.05, 3.63) is 24.3 Å². The summed E-state index contributed by atoms with van der Waals surface area (Å²) in [6.45, 7) is 6.01. The second-order valence-electron chi connectivity index (χ2n) is 7.73. The Morgan fingerprint density at radius 1 is 1.12 bits per heavy atom. The summed E-state index contributed by atoms with van der Waals surface area (Å²) in [5, 5.41) is 0. The Morgan fingerprint density at radius 3 is 2.72 bits per heavy atom. The number of piperidine rings is 2. The third kappa shape index (κ3) is 6.29. The fourth-order valence-electron chi connectivity index (χ4n) is 4.47. The number of unbranched alkanes of at least 4 members (excludes halogenated alkanes) is 4. The second-order valence-corrected chi connectivity index (χ2v) is 7.73. The van der Waals surface area contributed by atoms with E-state index >= 15 is 0 Å². The third-order valence-corrected chi connectivity index (χ3v) is 5.76. The van der Waals surface area contributed by atoms with E-state index in [4.69, 9.17) is 4.74 Å². The predicted octanol–water partition coefficient (Wildman–Crippen LogP) is 5.41. The van der Waals surface area contributed by atoms with Gasteiger partial charge in [0.1, 0.15) is 6.10 Å². The molecule has 0 spiro atoms. The summed E-state index contributed by atoms with van der Waals surface area (Å²) in [7, 11) is 0. The summed E-state index contributed by atoms with van der Waals surface area (Å²) in [5.74, 6) is -0.148. The summed E-state index contributed by atoms with van der Waals surface area (Å²) >= 11 is 0. The maximum Gasteiger partial charge on any atom is 0.302 e. The van der Waals surface area contributed by atoms with E-state index in [1.807, 2.05) is 0 Å². The molecule has 1 unspecified atom stereocenters. The fraction of sp³-hybridized carbons (Fsp3) is 0.773. The van der Waals surface area contributed by atoms with Crippen LogP contribution in [0.3, 0.4) is 0 Å². The van der Waals surface area contributed by atoms with Crippen LogP contribution in [0.2, 0.25) is 0 Å². The molecule has 0 radical (unpaired) electrons. The van der Waals surface area contributed by atoms with Gasteiger partial charge in [-0.2, -0.15) is 0 Å². The Labute approximate surface area is 154 Å². The molecule has 0 bridgehead atoms. The maximum absolute atomic E-state index is 11.4. The number of carbonyl (C=O) groups is 1. The standard InChI is InChI=1S/C22H37NO2/c1-4-5-6-7-8-9-10-11-13-20-14-12-15-21-16-17-22(25-19(3)24)18(2)23(20)21/h9-11,13,18,20-22H,4-8,12,14-17H2,1-3H3/b10-9+,13-11+/t18-,20+,21-,22?/m0/s1.